The number of aromatic nitrogens is 4. The summed E-state index contributed by atoms with van der Waals surface area (Å²) < 4.78 is 1.95. The Labute approximate surface area is 126 Å². The smallest absolute Gasteiger partial charge is 0.164 e. The van der Waals surface area contributed by atoms with E-state index in [0.29, 0.717) is 0 Å². The maximum absolute atomic E-state index is 4.70. The largest absolute Gasteiger partial charge is 0.370 e. The third-order valence-electron chi connectivity index (χ3n) is 3.47. The van der Waals surface area contributed by atoms with E-state index in [-0.39, 0.29) is 0 Å². The van der Waals surface area contributed by atoms with Crippen LogP contribution in [0.4, 0.5) is 5.82 Å². The first-order valence-electron chi connectivity index (χ1n) is 7.83. The van der Waals surface area contributed by atoms with E-state index < -0.39 is 0 Å². The maximum Gasteiger partial charge on any atom is 0.164 e. The molecular formula is C16H25N5. The van der Waals surface area contributed by atoms with Gasteiger partial charge < -0.3 is 5.32 Å². The lowest BCUT2D eigenvalue weighted by Gasteiger charge is -2.12. The lowest BCUT2D eigenvalue weighted by molar-refractivity contribution is 0.603. The highest BCUT2D eigenvalue weighted by molar-refractivity contribution is 5.58. The molecule has 0 fully saturated rings. The molecule has 0 aliphatic rings. The minimum absolute atomic E-state index is 0.762. The van der Waals surface area contributed by atoms with E-state index in [4.69, 9.17) is 4.98 Å². The van der Waals surface area contributed by atoms with Gasteiger partial charge in [-0.3, -0.25) is 4.68 Å². The molecule has 0 saturated carbocycles. The van der Waals surface area contributed by atoms with E-state index in [1.807, 2.05) is 17.1 Å². The van der Waals surface area contributed by atoms with Gasteiger partial charge in [0.1, 0.15) is 5.82 Å². The molecule has 21 heavy (non-hydrogen) atoms. The van der Waals surface area contributed by atoms with Gasteiger partial charge in [-0.1, -0.05) is 20.8 Å². The molecule has 0 aliphatic heterocycles. The van der Waals surface area contributed by atoms with Gasteiger partial charge in [-0.15, -0.1) is 0 Å². The van der Waals surface area contributed by atoms with Gasteiger partial charge in [-0.25, -0.2) is 9.97 Å². The lowest BCUT2D eigenvalue weighted by Crippen LogP contribution is -2.08. The summed E-state index contributed by atoms with van der Waals surface area (Å²) in [5.41, 5.74) is 3.23. The van der Waals surface area contributed by atoms with Gasteiger partial charge in [-0.05, 0) is 26.2 Å². The van der Waals surface area contributed by atoms with Gasteiger partial charge in [0.05, 0.1) is 11.8 Å². The fraction of sp³-hybridized carbons (Fsp3) is 0.562. The lowest BCUT2D eigenvalue weighted by atomic mass is 10.1. The highest BCUT2D eigenvalue weighted by atomic mass is 15.3. The highest BCUT2D eigenvalue weighted by Crippen LogP contribution is 2.22. The Morgan fingerprint density at radius 1 is 1.14 bits per heavy atom. The summed E-state index contributed by atoms with van der Waals surface area (Å²) in [5.74, 6) is 1.71. The minimum atomic E-state index is 0.762. The number of aryl methyl sites for hydroxylation is 2. The summed E-state index contributed by atoms with van der Waals surface area (Å²) in [4.78, 5) is 9.39. The average Bonchev–Trinajstić information content (AvgIpc) is 2.95. The van der Waals surface area contributed by atoms with E-state index >= 15 is 0 Å². The fourth-order valence-corrected chi connectivity index (χ4v) is 2.28. The number of anilines is 1. The van der Waals surface area contributed by atoms with Crippen LogP contribution >= 0.6 is 0 Å². The molecule has 0 atom stereocenters. The summed E-state index contributed by atoms with van der Waals surface area (Å²) in [6.45, 7) is 10.4. The van der Waals surface area contributed by atoms with Crippen LogP contribution in [-0.4, -0.2) is 26.3 Å². The van der Waals surface area contributed by atoms with Crippen LogP contribution in [0.25, 0.3) is 11.4 Å². The predicted octanol–water partition coefficient (Wildman–Crippen LogP) is 3.44. The number of hydrogen-bond acceptors (Lipinski definition) is 4. The van der Waals surface area contributed by atoms with E-state index in [0.717, 1.165) is 60.8 Å². The fourth-order valence-electron chi connectivity index (χ4n) is 2.28. The van der Waals surface area contributed by atoms with Crippen molar-refractivity contribution in [3.63, 3.8) is 0 Å². The Morgan fingerprint density at radius 3 is 2.62 bits per heavy atom. The Balaban J connectivity index is 2.37. The molecule has 0 aromatic carbocycles. The number of nitrogens with one attached hydrogen (secondary N) is 1. The summed E-state index contributed by atoms with van der Waals surface area (Å²) in [5, 5.41) is 7.77. The van der Waals surface area contributed by atoms with Crippen molar-refractivity contribution < 1.29 is 0 Å². The quantitative estimate of drug-likeness (QED) is 0.847. The summed E-state index contributed by atoms with van der Waals surface area (Å²) >= 11 is 0. The number of nitrogens with zero attached hydrogens (tertiary/aromatic N) is 4. The molecule has 2 aromatic rings. The Kier molecular flexibility index (Phi) is 5.31. The molecule has 0 amide bonds. The number of hydrogen-bond donors (Lipinski definition) is 1. The second kappa shape index (κ2) is 7.20. The summed E-state index contributed by atoms with van der Waals surface area (Å²) in [7, 11) is 0. The van der Waals surface area contributed by atoms with Gasteiger partial charge in [-0.2, -0.15) is 5.10 Å². The zero-order chi connectivity index (χ0) is 15.2. The van der Waals surface area contributed by atoms with Crippen LogP contribution in [0.2, 0.25) is 0 Å². The van der Waals surface area contributed by atoms with Crippen molar-refractivity contribution in [2.24, 2.45) is 0 Å². The third kappa shape index (κ3) is 3.60. The van der Waals surface area contributed by atoms with Gasteiger partial charge >= 0.3 is 0 Å². The predicted molar refractivity (Wildman–Crippen MR) is 86.4 cm³/mol. The van der Waals surface area contributed by atoms with Crippen LogP contribution < -0.4 is 5.32 Å². The van der Waals surface area contributed by atoms with Crippen molar-refractivity contribution >= 4 is 5.82 Å². The zero-order valence-corrected chi connectivity index (χ0v) is 13.5. The van der Waals surface area contributed by atoms with Crippen LogP contribution in [-0.2, 0) is 13.0 Å². The van der Waals surface area contributed by atoms with Gasteiger partial charge in [0, 0.05) is 30.5 Å². The second-order valence-electron chi connectivity index (χ2n) is 5.24. The molecule has 5 heteroatoms. The van der Waals surface area contributed by atoms with Crippen molar-refractivity contribution in [2.75, 3.05) is 11.9 Å². The summed E-state index contributed by atoms with van der Waals surface area (Å²) in [6.07, 6.45) is 6.93. The molecule has 5 nitrogen and oxygen atoms in total. The highest BCUT2D eigenvalue weighted by Gasteiger charge is 2.12. The van der Waals surface area contributed by atoms with Crippen molar-refractivity contribution in [3.8, 4) is 11.4 Å². The Hall–Kier alpha value is -1.91. The van der Waals surface area contributed by atoms with Crippen molar-refractivity contribution in [2.45, 2.75) is 53.5 Å². The molecule has 0 unspecified atom stereocenters. The SMILES string of the molecule is CCCNc1nc(-c2cnn(CCC)c2)nc(CC)c1C. The average molecular weight is 287 g/mol. The molecule has 1 N–H and O–H groups in total. The third-order valence-corrected chi connectivity index (χ3v) is 3.47. The Bertz CT molecular complexity index is 588. The summed E-state index contributed by atoms with van der Waals surface area (Å²) in [6, 6.07) is 0. The molecule has 0 bridgehead atoms. The molecule has 114 valence electrons. The molecule has 0 saturated heterocycles. The van der Waals surface area contributed by atoms with Gasteiger partial charge in [0.25, 0.3) is 0 Å². The molecule has 2 heterocycles. The van der Waals surface area contributed by atoms with Crippen molar-refractivity contribution in [1.29, 1.82) is 0 Å². The normalized spacial score (nSPS) is 10.9. The first-order chi connectivity index (χ1) is 10.2. The molecule has 0 aliphatic carbocycles. The molecule has 0 spiro atoms. The van der Waals surface area contributed by atoms with E-state index in [1.54, 1.807) is 0 Å². The monoisotopic (exact) mass is 287 g/mol. The Morgan fingerprint density at radius 2 is 1.95 bits per heavy atom. The number of rotatable bonds is 7. The van der Waals surface area contributed by atoms with Gasteiger partial charge in [0.15, 0.2) is 5.82 Å². The van der Waals surface area contributed by atoms with E-state index in [2.05, 4.69) is 43.1 Å². The minimum Gasteiger partial charge on any atom is -0.370 e. The maximum atomic E-state index is 4.70. The van der Waals surface area contributed by atoms with Crippen LogP contribution in [0, 0.1) is 6.92 Å². The van der Waals surface area contributed by atoms with Crippen LogP contribution in [0.1, 0.15) is 44.9 Å². The van der Waals surface area contributed by atoms with Crippen molar-refractivity contribution in [3.05, 3.63) is 23.7 Å². The molecule has 0 radical (unpaired) electrons. The van der Waals surface area contributed by atoms with Gasteiger partial charge in [0.2, 0.25) is 0 Å². The molecular weight excluding hydrogens is 262 g/mol. The standard InChI is InChI=1S/C16H25N5/c1-5-8-17-15-12(4)14(7-3)19-16(20-15)13-10-18-21(11-13)9-6-2/h10-11H,5-9H2,1-4H3,(H,17,19,20). The first-order valence-corrected chi connectivity index (χ1v) is 7.83. The van der Waals surface area contributed by atoms with E-state index in [9.17, 15) is 0 Å². The van der Waals surface area contributed by atoms with Crippen molar-refractivity contribution in [1.82, 2.24) is 19.7 Å². The topological polar surface area (TPSA) is 55.6 Å². The molecule has 2 aromatic heterocycles. The first kappa shape index (κ1) is 15.5. The van der Waals surface area contributed by atoms with Crippen LogP contribution in [0.5, 0.6) is 0 Å². The van der Waals surface area contributed by atoms with Crippen LogP contribution in [0.15, 0.2) is 12.4 Å². The molecule has 2 rings (SSSR count). The second-order valence-corrected chi connectivity index (χ2v) is 5.24. The zero-order valence-electron chi connectivity index (χ0n) is 13.5. The van der Waals surface area contributed by atoms with E-state index in [1.165, 1.54) is 0 Å². The van der Waals surface area contributed by atoms with Crippen LogP contribution in [0.3, 0.4) is 0 Å².